The Morgan fingerprint density at radius 3 is 2.38 bits per heavy atom. The average molecular weight is 458 g/mol. The molecule has 1 aliphatic rings. The lowest BCUT2D eigenvalue weighted by molar-refractivity contribution is -0.384. The normalized spacial score (nSPS) is 13.8. The Bertz CT molecular complexity index is 1210. The van der Waals surface area contributed by atoms with E-state index in [0.29, 0.717) is 5.69 Å². The maximum atomic E-state index is 14.0. The van der Waals surface area contributed by atoms with Crippen LogP contribution >= 0.6 is 11.6 Å². The van der Waals surface area contributed by atoms with E-state index >= 15 is 0 Å². The Balaban J connectivity index is 1.42. The molecule has 2 aromatic carbocycles. The molecule has 0 atom stereocenters. The van der Waals surface area contributed by atoms with Crippen LogP contribution in [-0.2, 0) is 0 Å². The van der Waals surface area contributed by atoms with Crippen LogP contribution in [0, 0.1) is 15.9 Å². The molecule has 0 saturated carbocycles. The molecule has 2 heterocycles. The van der Waals surface area contributed by atoms with E-state index in [1.165, 1.54) is 46.0 Å². The lowest BCUT2D eigenvalue weighted by Crippen LogP contribution is -2.50. The molecule has 1 saturated heterocycles. The van der Waals surface area contributed by atoms with Gasteiger partial charge in [-0.15, -0.1) is 0 Å². The quantitative estimate of drug-likeness (QED) is 0.442. The van der Waals surface area contributed by atoms with Crippen LogP contribution in [0.15, 0.2) is 54.7 Å². The Kier molecular flexibility index (Phi) is 5.87. The van der Waals surface area contributed by atoms with Gasteiger partial charge in [-0.1, -0.05) is 17.7 Å². The number of hydrogen-bond acceptors (Lipinski definition) is 5. The molecule has 0 N–H and O–H groups in total. The van der Waals surface area contributed by atoms with E-state index in [2.05, 4.69) is 5.10 Å². The first-order valence-corrected chi connectivity index (χ1v) is 10.1. The maximum absolute atomic E-state index is 14.0. The summed E-state index contributed by atoms with van der Waals surface area (Å²) in [5, 5.41) is 15.5. The fraction of sp³-hybridized carbons (Fsp3) is 0.190. The van der Waals surface area contributed by atoms with Crippen molar-refractivity contribution < 1.29 is 18.9 Å². The largest absolute Gasteiger partial charge is 0.335 e. The topological polar surface area (TPSA) is 102 Å². The van der Waals surface area contributed by atoms with Crippen molar-refractivity contribution in [3.8, 4) is 5.69 Å². The van der Waals surface area contributed by atoms with Gasteiger partial charge in [0.25, 0.3) is 17.5 Å². The van der Waals surface area contributed by atoms with Crippen LogP contribution in [0.5, 0.6) is 0 Å². The molecule has 2 amide bonds. The van der Waals surface area contributed by atoms with Crippen LogP contribution in [0.25, 0.3) is 5.69 Å². The molecule has 4 rings (SSSR count). The molecule has 0 bridgehead atoms. The summed E-state index contributed by atoms with van der Waals surface area (Å²) in [7, 11) is 0. The number of hydrogen-bond donors (Lipinski definition) is 0. The van der Waals surface area contributed by atoms with Gasteiger partial charge in [-0.25, -0.2) is 9.07 Å². The van der Waals surface area contributed by atoms with Gasteiger partial charge in [0.1, 0.15) is 5.82 Å². The number of rotatable bonds is 4. The molecule has 0 unspecified atom stereocenters. The molecule has 11 heteroatoms. The van der Waals surface area contributed by atoms with E-state index < -0.39 is 16.6 Å². The Morgan fingerprint density at radius 1 is 1.00 bits per heavy atom. The summed E-state index contributed by atoms with van der Waals surface area (Å²) < 4.78 is 15.4. The molecule has 3 aromatic rings. The SMILES string of the molecule is O=C(c1ccn(-c2cccc([N+](=O)[O-])c2)n1)N1CCN(C(=O)c2cc(Cl)ccc2F)CC1. The van der Waals surface area contributed by atoms with E-state index in [4.69, 9.17) is 11.6 Å². The number of carbonyl (C=O) groups excluding carboxylic acids is 2. The number of halogens is 2. The summed E-state index contributed by atoms with van der Waals surface area (Å²) in [5.41, 5.74) is 0.449. The Morgan fingerprint density at radius 2 is 1.69 bits per heavy atom. The minimum atomic E-state index is -0.649. The average Bonchev–Trinajstić information content (AvgIpc) is 3.30. The number of carbonyl (C=O) groups is 2. The zero-order chi connectivity index (χ0) is 22.8. The van der Waals surface area contributed by atoms with Crippen LogP contribution < -0.4 is 0 Å². The second-order valence-electron chi connectivity index (χ2n) is 7.13. The number of nitro benzene ring substituents is 1. The first-order chi connectivity index (χ1) is 15.3. The van der Waals surface area contributed by atoms with Crippen molar-refractivity contribution in [1.82, 2.24) is 19.6 Å². The number of nitrogens with zero attached hydrogens (tertiary/aromatic N) is 5. The fourth-order valence-corrected chi connectivity index (χ4v) is 3.61. The highest BCUT2D eigenvalue weighted by Gasteiger charge is 2.28. The smallest absolute Gasteiger partial charge is 0.274 e. The van der Waals surface area contributed by atoms with E-state index in [-0.39, 0.29) is 54.1 Å². The van der Waals surface area contributed by atoms with Crippen molar-refractivity contribution in [2.45, 2.75) is 0 Å². The van der Waals surface area contributed by atoms with Crippen molar-refractivity contribution in [3.05, 3.63) is 86.9 Å². The first kappa shape index (κ1) is 21.4. The van der Waals surface area contributed by atoms with Gasteiger partial charge in [-0.3, -0.25) is 19.7 Å². The van der Waals surface area contributed by atoms with Crippen LogP contribution in [0.1, 0.15) is 20.8 Å². The highest BCUT2D eigenvalue weighted by Crippen LogP contribution is 2.19. The molecule has 9 nitrogen and oxygen atoms in total. The van der Waals surface area contributed by atoms with Gasteiger partial charge in [0.15, 0.2) is 5.69 Å². The minimum Gasteiger partial charge on any atom is -0.335 e. The molecule has 164 valence electrons. The lowest BCUT2D eigenvalue weighted by atomic mass is 10.1. The molecular formula is C21H17ClFN5O4. The third-order valence-electron chi connectivity index (χ3n) is 5.13. The van der Waals surface area contributed by atoms with Gasteiger partial charge in [-0.2, -0.15) is 5.10 Å². The van der Waals surface area contributed by atoms with Crippen LogP contribution in [-0.4, -0.2) is 62.5 Å². The number of nitro groups is 1. The summed E-state index contributed by atoms with van der Waals surface area (Å²) >= 11 is 5.87. The first-order valence-electron chi connectivity index (χ1n) is 9.67. The zero-order valence-corrected chi connectivity index (χ0v) is 17.4. The molecule has 0 radical (unpaired) electrons. The van der Waals surface area contributed by atoms with Gasteiger partial charge in [0, 0.05) is 49.5 Å². The van der Waals surface area contributed by atoms with Crippen molar-refractivity contribution >= 4 is 29.1 Å². The molecule has 0 spiro atoms. The predicted molar refractivity (Wildman–Crippen MR) is 113 cm³/mol. The number of piperazine rings is 1. The summed E-state index contributed by atoms with van der Waals surface area (Å²) in [6.07, 6.45) is 1.55. The summed E-state index contributed by atoms with van der Waals surface area (Å²) in [5.74, 6) is -1.45. The number of amides is 2. The van der Waals surface area contributed by atoms with Gasteiger partial charge in [0.2, 0.25) is 0 Å². The third kappa shape index (κ3) is 4.30. The fourth-order valence-electron chi connectivity index (χ4n) is 3.44. The highest BCUT2D eigenvalue weighted by molar-refractivity contribution is 6.31. The van der Waals surface area contributed by atoms with E-state index in [0.717, 1.165) is 6.07 Å². The van der Waals surface area contributed by atoms with Crippen LogP contribution in [0.4, 0.5) is 10.1 Å². The highest BCUT2D eigenvalue weighted by atomic mass is 35.5. The monoisotopic (exact) mass is 457 g/mol. The Hall–Kier alpha value is -3.79. The number of benzene rings is 2. The van der Waals surface area contributed by atoms with Crippen LogP contribution in [0.2, 0.25) is 5.02 Å². The van der Waals surface area contributed by atoms with E-state index in [1.807, 2.05) is 0 Å². The molecule has 32 heavy (non-hydrogen) atoms. The van der Waals surface area contributed by atoms with Crippen molar-refractivity contribution in [2.75, 3.05) is 26.2 Å². The zero-order valence-electron chi connectivity index (χ0n) is 16.6. The third-order valence-corrected chi connectivity index (χ3v) is 5.36. The molecule has 1 aliphatic heterocycles. The second kappa shape index (κ2) is 8.75. The summed E-state index contributed by atoms with van der Waals surface area (Å²) in [4.78, 5) is 38.9. The van der Waals surface area contributed by atoms with Gasteiger partial charge >= 0.3 is 0 Å². The van der Waals surface area contributed by atoms with Crippen molar-refractivity contribution in [2.24, 2.45) is 0 Å². The Labute approximate surface area is 186 Å². The standard InChI is InChI=1S/C21H17ClFN5O4/c22-14-4-5-18(23)17(12-14)20(29)25-8-10-26(11-9-25)21(30)19-6-7-27(24-19)15-2-1-3-16(13-15)28(31)32/h1-7,12-13H,8-11H2. The summed E-state index contributed by atoms with van der Waals surface area (Å²) in [6.45, 7) is 0.997. The predicted octanol–water partition coefficient (Wildman–Crippen LogP) is 3.17. The maximum Gasteiger partial charge on any atom is 0.274 e. The van der Waals surface area contributed by atoms with E-state index in [1.54, 1.807) is 17.2 Å². The van der Waals surface area contributed by atoms with E-state index in [9.17, 15) is 24.1 Å². The molecule has 0 aliphatic carbocycles. The van der Waals surface area contributed by atoms with Crippen molar-refractivity contribution in [1.29, 1.82) is 0 Å². The van der Waals surface area contributed by atoms with Gasteiger partial charge in [-0.05, 0) is 30.3 Å². The minimum absolute atomic E-state index is 0.0807. The molecular weight excluding hydrogens is 441 g/mol. The van der Waals surface area contributed by atoms with Crippen molar-refractivity contribution in [3.63, 3.8) is 0 Å². The lowest BCUT2D eigenvalue weighted by Gasteiger charge is -2.34. The second-order valence-corrected chi connectivity index (χ2v) is 7.57. The molecule has 1 aromatic heterocycles. The summed E-state index contributed by atoms with van der Waals surface area (Å²) in [6, 6.07) is 11.3. The molecule has 1 fully saturated rings. The van der Waals surface area contributed by atoms with Gasteiger partial charge < -0.3 is 9.80 Å². The van der Waals surface area contributed by atoms with Gasteiger partial charge in [0.05, 0.1) is 16.2 Å². The van der Waals surface area contributed by atoms with Crippen LogP contribution in [0.3, 0.4) is 0 Å². The number of aromatic nitrogens is 2. The number of non-ortho nitro benzene ring substituents is 1.